The number of hydrazine groups is 1. The van der Waals surface area contributed by atoms with Gasteiger partial charge in [0.2, 0.25) is 5.91 Å². The molecule has 1 aliphatic carbocycles. The van der Waals surface area contributed by atoms with Gasteiger partial charge in [0.15, 0.2) is 0 Å². The van der Waals surface area contributed by atoms with Gasteiger partial charge in [0, 0.05) is 54.6 Å². The summed E-state index contributed by atoms with van der Waals surface area (Å²) in [5, 5.41) is 1.52. The largest absolute Gasteiger partial charge is 0.497 e. The molecule has 14 nitrogen and oxygen atoms in total. The fourth-order valence-corrected chi connectivity index (χ4v) is 8.98. The van der Waals surface area contributed by atoms with Crippen molar-refractivity contribution in [3.63, 3.8) is 0 Å². The highest BCUT2D eigenvalue weighted by Gasteiger charge is 2.53. The van der Waals surface area contributed by atoms with Gasteiger partial charge >= 0.3 is 13.1 Å². The summed E-state index contributed by atoms with van der Waals surface area (Å²) in [5.74, 6) is 5.89. The van der Waals surface area contributed by atoms with Crippen LogP contribution < -0.4 is 31.2 Å². The van der Waals surface area contributed by atoms with Crippen LogP contribution in [0.25, 0.3) is 0 Å². The molecule has 0 spiro atoms. The number of amides is 2. The van der Waals surface area contributed by atoms with Crippen molar-refractivity contribution in [1.82, 2.24) is 14.8 Å². The zero-order valence-electron chi connectivity index (χ0n) is 37.4. The van der Waals surface area contributed by atoms with Crippen molar-refractivity contribution in [1.29, 1.82) is 0 Å². The van der Waals surface area contributed by atoms with Crippen LogP contribution in [0.1, 0.15) is 106 Å². The van der Waals surface area contributed by atoms with E-state index in [1.54, 1.807) is 43.5 Å². The summed E-state index contributed by atoms with van der Waals surface area (Å²) in [4.78, 5) is 47.1. The van der Waals surface area contributed by atoms with Gasteiger partial charge < -0.3 is 48.8 Å². The number of nitrogens with two attached hydrogens (primary N) is 2. The topological polar surface area (TPSA) is 168 Å². The van der Waals surface area contributed by atoms with E-state index in [4.69, 9.17) is 39.8 Å². The van der Waals surface area contributed by atoms with E-state index in [1.165, 1.54) is 5.01 Å². The summed E-state index contributed by atoms with van der Waals surface area (Å²) >= 11 is 0. The van der Waals surface area contributed by atoms with Gasteiger partial charge in [0.05, 0.1) is 49.0 Å². The third-order valence-corrected chi connectivity index (χ3v) is 13.3. The molecule has 3 aromatic carbocycles. The van der Waals surface area contributed by atoms with E-state index in [2.05, 4.69) is 0 Å². The molecule has 3 aromatic rings. The average Bonchev–Trinajstić information content (AvgIpc) is 3.69. The molecule has 0 unspecified atom stereocenters. The highest BCUT2D eigenvalue weighted by molar-refractivity contribution is 6.62. The lowest BCUT2D eigenvalue weighted by Crippen LogP contribution is -2.51. The summed E-state index contributed by atoms with van der Waals surface area (Å²) in [7, 11) is 2.44. The van der Waals surface area contributed by atoms with Crippen LogP contribution in [0.3, 0.4) is 0 Å². The number of benzene rings is 3. The minimum Gasteiger partial charge on any atom is -0.497 e. The predicted octanol–water partition coefficient (Wildman–Crippen LogP) is 5.40. The van der Waals surface area contributed by atoms with E-state index in [-0.39, 0.29) is 37.6 Å². The first-order valence-corrected chi connectivity index (χ1v) is 21.7. The van der Waals surface area contributed by atoms with E-state index >= 15 is 4.79 Å². The van der Waals surface area contributed by atoms with E-state index in [0.717, 1.165) is 35.0 Å². The monoisotopic (exact) mass is 851 g/mol. The van der Waals surface area contributed by atoms with Gasteiger partial charge in [-0.15, -0.1) is 0 Å². The first-order valence-electron chi connectivity index (χ1n) is 21.7. The Labute approximate surface area is 365 Å². The van der Waals surface area contributed by atoms with Crippen molar-refractivity contribution in [2.75, 3.05) is 33.9 Å². The summed E-state index contributed by atoms with van der Waals surface area (Å²) in [5.41, 5.74) is 10.4. The SMILES string of the molecule is COc1ccc(COC(=O)[C@H]2CCCC[C@H]2C(=O)N2CCc3c(B4OC(C)(C)C(C)(C)O4)ccc(OC/C(N)=C/N(N)C(C)C)c3[C@H]2CN2Cc3ccccc3C2=O)c(OC)c1. The zero-order valence-corrected chi connectivity index (χ0v) is 37.4. The normalized spacial score (nSPS) is 21.7. The van der Waals surface area contributed by atoms with Crippen LogP contribution >= 0.6 is 0 Å². The minimum atomic E-state index is -0.688. The lowest BCUT2D eigenvalue weighted by molar-refractivity contribution is -0.159. The van der Waals surface area contributed by atoms with Gasteiger partial charge in [-0.2, -0.15) is 0 Å². The van der Waals surface area contributed by atoms with Crippen molar-refractivity contribution < 1.29 is 42.6 Å². The fourth-order valence-electron chi connectivity index (χ4n) is 8.98. The van der Waals surface area contributed by atoms with Crippen LogP contribution in [-0.4, -0.2) is 90.9 Å². The molecule has 15 heteroatoms. The second-order valence-corrected chi connectivity index (χ2v) is 18.1. The molecule has 0 bridgehead atoms. The number of hydrogen-bond acceptors (Lipinski definition) is 12. The van der Waals surface area contributed by atoms with Crippen molar-refractivity contribution in [2.24, 2.45) is 23.4 Å². The Hall–Kier alpha value is -5.25. The maximum atomic E-state index is 15.3. The van der Waals surface area contributed by atoms with Gasteiger partial charge in [-0.3, -0.25) is 14.4 Å². The Morgan fingerprint density at radius 1 is 0.968 bits per heavy atom. The second kappa shape index (κ2) is 18.2. The van der Waals surface area contributed by atoms with Gasteiger partial charge in [0.25, 0.3) is 5.91 Å². The van der Waals surface area contributed by atoms with Crippen molar-refractivity contribution >= 4 is 30.4 Å². The Kier molecular flexibility index (Phi) is 13.2. The number of carbonyl (C=O) groups is 3. The maximum Gasteiger partial charge on any atom is 0.495 e. The standard InChI is InChI=1S/C47H62BN5O9/c1-29(2)53(50)25-32(49)28-59-40-20-19-38(48-61-46(3,4)47(5,6)62-48)37-21-22-52(39(42(37)40)26-51-24-30-13-9-10-14-34(30)43(51)54)44(55)35-15-11-12-16-36(35)45(56)60-27-31-17-18-33(57-7)23-41(31)58-8/h9-10,13-14,17-20,23,25,29,35-36,39H,11-12,15-16,21-22,24,26-28,49-50H2,1-8H3/b32-25-/t35-,36+,39-/m1/s1. The summed E-state index contributed by atoms with van der Waals surface area (Å²) in [6.45, 7) is 12.9. The van der Waals surface area contributed by atoms with E-state index in [1.807, 2.05) is 82.8 Å². The Morgan fingerprint density at radius 3 is 2.35 bits per heavy atom. The van der Waals surface area contributed by atoms with Crippen LogP contribution in [0, 0.1) is 11.8 Å². The van der Waals surface area contributed by atoms with Gasteiger partial charge in [-0.1, -0.05) is 37.1 Å². The average molecular weight is 852 g/mol. The van der Waals surface area contributed by atoms with Crippen molar-refractivity contribution in [3.8, 4) is 17.2 Å². The number of fused-ring (bicyclic) bond motifs is 2. The highest BCUT2D eigenvalue weighted by atomic mass is 16.7. The fraction of sp³-hybridized carbons (Fsp3) is 0.511. The summed E-state index contributed by atoms with van der Waals surface area (Å²) in [6, 6.07) is 16.1. The molecule has 62 heavy (non-hydrogen) atoms. The molecule has 1 saturated heterocycles. The Balaban J connectivity index is 1.26. The number of hydrogen-bond donors (Lipinski definition) is 2. The van der Waals surface area contributed by atoms with Gasteiger partial charge in [0.1, 0.15) is 30.5 Å². The van der Waals surface area contributed by atoms with E-state index < -0.39 is 42.2 Å². The molecule has 4 N–H and O–H groups in total. The van der Waals surface area contributed by atoms with Crippen LogP contribution in [0.2, 0.25) is 0 Å². The number of esters is 1. The molecular formula is C47H62BN5O9. The molecule has 7 rings (SSSR count). The molecule has 332 valence electrons. The van der Waals surface area contributed by atoms with E-state index in [0.29, 0.717) is 66.4 Å². The van der Waals surface area contributed by atoms with E-state index in [9.17, 15) is 9.59 Å². The third kappa shape index (κ3) is 8.98. The molecule has 1 saturated carbocycles. The van der Waals surface area contributed by atoms with Gasteiger partial charge in [-0.05, 0) is 102 Å². The van der Waals surface area contributed by atoms with Crippen LogP contribution in [0.5, 0.6) is 17.2 Å². The molecule has 0 aromatic heterocycles. The first-order chi connectivity index (χ1) is 29.5. The highest BCUT2D eigenvalue weighted by Crippen LogP contribution is 2.43. The molecular weight excluding hydrogens is 789 g/mol. The minimum absolute atomic E-state index is 0.0118. The predicted molar refractivity (Wildman–Crippen MR) is 235 cm³/mol. The molecule has 4 aliphatic rings. The molecule has 3 atom stereocenters. The first kappa shape index (κ1) is 44.8. The zero-order chi connectivity index (χ0) is 44.5. The third-order valence-electron chi connectivity index (χ3n) is 13.3. The number of rotatable bonds is 14. The molecule has 3 aliphatic heterocycles. The number of carbonyl (C=O) groups excluding carboxylic acids is 3. The Morgan fingerprint density at radius 2 is 1.68 bits per heavy atom. The second-order valence-electron chi connectivity index (χ2n) is 18.1. The van der Waals surface area contributed by atoms with Crippen molar-refractivity contribution in [2.45, 2.75) is 110 Å². The molecule has 3 heterocycles. The van der Waals surface area contributed by atoms with Crippen LogP contribution in [0.4, 0.5) is 0 Å². The van der Waals surface area contributed by atoms with Crippen LogP contribution in [0.15, 0.2) is 66.5 Å². The molecule has 2 fully saturated rings. The lowest BCUT2D eigenvalue weighted by atomic mass is 9.71. The van der Waals surface area contributed by atoms with Gasteiger partial charge in [-0.25, -0.2) is 5.84 Å². The van der Waals surface area contributed by atoms with Crippen molar-refractivity contribution in [3.05, 3.63) is 94.3 Å². The van der Waals surface area contributed by atoms with Crippen LogP contribution in [-0.2, 0) is 43.2 Å². The number of nitrogens with zero attached hydrogens (tertiary/aromatic N) is 3. The lowest BCUT2D eigenvalue weighted by Gasteiger charge is -2.43. The Bertz CT molecular complexity index is 2180. The smallest absolute Gasteiger partial charge is 0.495 e. The molecule has 2 amide bonds. The number of methoxy groups -OCH3 is 2. The number of ether oxygens (including phenoxy) is 4. The maximum absolute atomic E-state index is 15.3. The quantitative estimate of drug-likeness (QED) is 0.0920. The summed E-state index contributed by atoms with van der Waals surface area (Å²) in [6.07, 6.45) is 4.74. The summed E-state index contributed by atoms with van der Waals surface area (Å²) < 4.78 is 36.7. The molecule has 0 radical (unpaired) electrons.